The summed E-state index contributed by atoms with van der Waals surface area (Å²) in [4.78, 5) is 5.15. The molecular formula is C34H31F2N3O2. The van der Waals surface area contributed by atoms with E-state index in [2.05, 4.69) is 47.0 Å². The van der Waals surface area contributed by atoms with Crippen molar-refractivity contribution in [2.45, 2.75) is 13.0 Å². The van der Waals surface area contributed by atoms with Gasteiger partial charge < -0.3 is 19.8 Å². The maximum atomic E-state index is 14.0. The van der Waals surface area contributed by atoms with Gasteiger partial charge in [0.1, 0.15) is 17.5 Å². The summed E-state index contributed by atoms with van der Waals surface area (Å²) in [6.07, 6.45) is 0.863. The number of benzene rings is 4. The predicted octanol–water partition coefficient (Wildman–Crippen LogP) is 6.73. The lowest BCUT2D eigenvalue weighted by Crippen LogP contribution is -2.14. The van der Waals surface area contributed by atoms with E-state index in [0.29, 0.717) is 45.2 Å². The van der Waals surface area contributed by atoms with Crippen LogP contribution in [0, 0.1) is 11.6 Å². The molecule has 5 nitrogen and oxygen atoms in total. The van der Waals surface area contributed by atoms with Gasteiger partial charge in [0, 0.05) is 29.8 Å². The fourth-order valence-corrected chi connectivity index (χ4v) is 5.45. The molecule has 2 N–H and O–H groups in total. The van der Waals surface area contributed by atoms with E-state index < -0.39 is 0 Å². The number of nitrogens with two attached hydrogens (primary N) is 1. The highest BCUT2D eigenvalue weighted by atomic mass is 19.1. The Morgan fingerprint density at radius 3 is 2.05 bits per heavy atom. The summed E-state index contributed by atoms with van der Waals surface area (Å²) in [5, 5.41) is 0. The molecule has 0 saturated heterocycles. The van der Waals surface area contributed by atoms with Crippen LogP contribution in [-0.4, -0.2) is 42.5 Å². The molecule has 0 radical (unpaired) electrons. The molecule has 1 aliphatic rings. The Bertz CT molecular complexity index is 1650. The molecule has 0 fully saturated rings. The van der Waals surface area contributed by atoms with Crippen LogP contribution in [0.4, 0.5) is 8.78 Å². The van der Waals surface area contributed by atoms with Crippen LogP contribution in [0.5, 0.6) is 0 Å². The number of halogens is 2. The second-order valence-corrected chi connectivity index (χ2v) is 10.0. The Labute approximate surface area is 238 Å². The quantitative estimate of drug-likeness (QED) is 0.182. The third-order valence-corrected chi connectivity index (χ3v) is 7.35. The van der Waals surface area contributed by atoms with Crippen molar-refractivity contribution < 1.29 is 18.3 Å². The van der Waals surface area contributed by atoms with Crippen LogP contribution in [0.2, 0.25) is 0 Å². The molecule has 208 valence electrons. The van der Waals surface area contributed by atoms with E-state index in [1.165, 1.54) is 46.5 Å². The Hall–Kier alpha value is -4.17. The number of rotatable bonds is 11. The first kappa shape index (κ1) is 27.0. The molecule has 0 saturated carbocycles. The number of imidazole rings is 1. The number of nitrogens with zero attached hydrogens (tertiary/aromatic N) is 2. The predicted molar refractivity (Wildman–Crippen MR) is 157 cm³/mol. The molecule has 0 amide bonds. The van der Waals surface area contributed by atoms with Gasteiger partial charge >= 0.3 is 0 Å². The van der Waals surface area contributed by atoms with Crippen molar-refractivity contribution in [3.05, 3.63) is 114 Å². The van der Waals surface area contributed by atoms with E-state index in [-0.39, 0.29) is 11.6 Å². The van der Waals surface area contributed by atoms with Crippen molar-refractivity contribution >= 4 is 0 Å². The highest BCUT2D eigenvalue weighted by Crippen LogP contribution is 2.41. The zero-order valence-electron chi connectivity index (χ0n) is 22.7. The molecule has 7 heteroatoms. The molecule has 0 bridgehead atoms. The maximum Gasteiger partial charge on any atom is 0.141 e. The van der Waals surface area contributed by atoms with Crippen LogP contribution >= 0.6 is 0 Å². The number of hydrogen-bond donors (Lipinski definition) is 1. The van der Waals surface area contributed by atoms with Crippen LogP contribution in [-0.2, 0) is 22.4 Å². The minimum absolute atomic E-state index is 0.317. The van der Waals surface area contributed by atoms with Gasteiger partial charge in [0.05, 0.1) is 37.8 Å². The first-order valence-corrected chi connectivity index (χ1v) is 13.8. The summed E-state index contributed by atoms with van der Waals surface area (Å²) in [6.45, 7) is 2.79. The van der Waals surface area contributed by atoms with E-state index >= 15 is 0 Å². The summed E-state index contributed by atoms with van der Waals surface area (Å²) in [7, 11) is 0. The Balaban J connectivity index is 1.44. The van der Waals surface area contributed by atoms with Gasteiger partial charge in [-0.15, -0.1) is 0 Å². The monoisotopic (exact) mass is 551 g/mol. The van der Waals surface area contributed by atoms with Gasteiger partial charge in [-0.1, -0.05) is 36.4 Å². The first-order valence-electron chi connectivity index (χ1n) is 13.8. The SMILES string of the molecule is NCCOCCOCCn1c(-c2ccc3c(c2)Cc2ccccc2-3)nc(-c2ccc(F)cc2)c1-c1ccc(F)cc1. The Kier molecular flexibility index (Phi) is 8.00. The molecule has 0 atom stereocenters. The van der Waals surface area contributed by atoms with Gasteiger partial charge in [-0.2, -0.15) is 0 Å². The van der Waals surface area contributed by atoms with Crippen molar-refractivity contribution in [1.29, 1.82) is 0 Å². The first-order chi connectivity index (χ1) is 20.1. The zero-order chi connectivity index (χ0) is 28.2. The highest BCUT2D eigenvalue weighted by Gasteiger charge is 2.24. The smallest absolute Gasteiger partial charge is 0.141 e. The lowest BCUT2D eigenvalue weighted by Gasteiger charge is -2.15. The van der Waals surface area contributed by atoms with Crippen LogP contribution < -0.4 is 5.73 Å². The summed E-state index contributed by atoms with van der Waals surface area (Å²) < 4.78 is 41.3. The summed E-state index contributed by atoms with van der Waals surface area (Å²) in [5.74, 6) is 0.132. The molecule has 6 rings (SSSR count). The lowest BCUT2D eigenvalue weighted by atomic mass is 10.0. The molecule has 5 aromatic rings. The van der Waals surface area contributed by atoms with Crippen LogP contribution in [0.3, 0.4) is 0 Å². The van der Waals surface area contributed by atoms with E-state index in [0.717, 1.165) is 34.6 Å². The highest BCUT2D eigenvalue weighted by molar-refractivity contribution is 5.84. The fraction of sp³-hybridized carbons (Fsp3) is 0.206. The third-order valence-electron chi connectivity index (χ3n) is 7.35. The topological polar surface area (TPSA) is 62.3 Å². The van der Waals surface area contributed by atoms with E-state index in [1.807, 2.05) is 0 Å². The van der Waals surface area contributed by atoms with Gasteiger partial charge in [0.2, 0.25) is 0 Å². The number of hydrogen-bond acceptors (Lipinski definition) is 4. The molecular weight excluding hydrogens is 520 g/mol. The minimum atomic E-state index is -0.319. The van der Waals surface area contributed by atoms with Crippen molar-refractivity contribution in [3.63, 3.8) is 0 Å². The van der Waals surface area contributed by atoms with Gasteiger partial charge in [-0.25, -0.2) is 13.8 Å². The average Bonchev–Trinajstić information content (AvgIpc) is 3.56. The summed E-state index contributed by atoms with van der Waals surface area (Å²) in [5.41, 5.74) is 14.6. The molecule has 1 aliphatic carbocycles. The van der Waals surface area contributed by atoms with E-state index in [4.69, 9.17) is 20.2 Å². The van der Waals surface area contributed by atoms with Crippen molar-refractivity contribution in [3.8, 4) is 45.0 Å². The van der Waals surface area contributed by atoms with Crippen LogP contribution in [0.1, 0.15) is 11.1 Å². The molecule has 4 aromatic carbocycles. The number of aromatic nitrogens is 2. The number of fused-ring (bicyclic) bond motifs is 3. The summed E-state index contributed by atoms with van der Waals surface area (Å²) in [6, 6.07) is 27.6. The Morgan fingerprint density at radius 1 is 0.683 bits per heavy atom. The molecule has 41 heavy (non-hydrogen) atoms. The minimum Gasteiger partial charge on any atom is -0.378 e. The average molecular weight is 552 g/mol. The van der Waals surface area contributed by atoms with E-state index in [9.17, 15) is 8.78 Å². The van der Waals surface area contributed by atoms with Gasteiger partial charge in [0.15, 0.2) is 0 Å². The number of ether oxygens (including phenoxy) is 2. The van der Waals surface area contributed by atoms with Crippen LogP contribution in [0.25, 0.3) is 45.0 Å². The Morgan fingerprint density at radius 2 is 1.32 bits per heavy atom. The summed E-state index contributed by atoms with van der Waals surface area (Å²) >= 11 is 0. The van der Waals surface area contributed by atoms with Crippen LogP contribution in [0.15, 0.2) is 91.0 Å². The normalized spacial score (nSPS) is 12.0. The maximum absolute atomic E-state index is 14.0. The zero-order valence-corrected chi connectivity index (χ0v) is 22.7. The third kappa shape index (κ3) is 5.70. The lowest BCUT2D eigenvalue weighted by molar-refractivity contribution is 0.0479. The molecule has 1 heterocycles. The molecule has 0 unspecified atom stereocenters. The van der Waals surface area contributed by atoms with Gasteiger partial charge in [-0.3, -0.25) is 0 Å². The standard InChI is InChI=1S/C34H31F2N3O2/c35-28-10-5-23(6-11-28)32-33(24-7-12-29(36)13-8-24)39(16-18-41-20-19-40-17-15-37)34(38-32)26-9-14-31-27(22-26)21-25-3-1-2-4-30(25)31/h1-14,22H,15-21,37H2. The van der Waals surface area contributed by atoms with Gasteiger partial charge in [-0.05, 0) is 83.3 Å². The van der Waals surface area contributed by atoms with E-state index in [1.54, 1.807) is 24.3 Å². The van der Waals surface area contributed by atoms with Gasteiger partial charge in [0.25, 0.3) is 0 Å². The second-order valence-electron chi connectivity index (χ2n) is 10.0. The van der Waals surface area contributed by atoms with Crippen molar-refractivity contribution in [2.24, 2.45) is 5.73 Å². The molecule has 0 spiro atoms. The largest absolute Gasteiger partial charge is 0.378 e. The molecule has 1 aromatic heterocycles. The fourth-order valence-electron chi connectivity index (χ4n) is 5.45. The molecule has 0 aliphatic heterocycles. The van der Waals surface area contributed by atoms with Crippen molar-refractivity contribution in [1.82, 2.24) is 9.55 Å². The second kappa shape index (κ2) is 12.1. The van der Waals surface area contributed by atoms with Crippen molar-refractivity contribution in [2.75, 3.05) is 33.0 Å².